The van der Waals surface area contributed by atoms with E-state index in [9.17, 15) is 9.59 Å². The highest BCUT2D eigenvalue weighted by Gasteiger charge is 2.43. The van der Waals surface area contributed by atoms with Crippen LogP contribution in [0.1, 0.15) is 73.1 Å². The van der Waals surface area contributed by atoms with Crippen LogP contribution in [-0.4, -0.2) is 38.6 Å². The van der Waals surface area contributed by atoms with E-state index in [1.807, 2.05) is 20.8 Å². The van der Waals surface area contributed by atoms with E-state index in [0.717, 1.165) is 32.1 Å². The van der Waals surface area contributed by atoms with E-state index < -0.39 is 13.7 Å². The first-order valence-corrected chi connectivity index (χ1v) is 16.7. The van der Waals surface area contributed by atoms with Crippen LogP contribution in [0.2, 0.25) is 19.6 Å². The third-order valence-corrected chi connectivity index (χ3v) is 8.89. The van der Waals surface area contributed by atoms with Crippen molar-refractivity contribution in [1.29, 1.82) is 0 Å². The lowest BCUT2D eigenvalue weighted by Crippen LogP contribution is -2.43. The zero-order valence-electron chi connectivity index (χ0n) is 22.6. The quantitative estimate of drug-likeness (QED) is 0.289. The van der Waals surface area contributed by atoms with Gasteiger partial charge in [-0.25, -0.2) is 0 Å². The second-order valence-corrected chi connectivity index (χ2v) is 16.9. The van der Waals surface area contributed by atoms with Crippen molar-refractivity contribution >= 4 is 20.3 Å². The van der Waals surface area contributed by atoms with Gasteiger partial charge in [0, 0.05) is 12.3 Å². The van der Waals surface area contributed by atoms with Gasteiger partial charge in [0.15, 0.2) is 8.32 Å². The van der Waals surface area contributed by atoms with Gasteiger partial charge in [0.25, 0.3) is 0 Å². The van der Waals surface area contributed by atoms with E-state index in [1.165, 1.54) is 5.57 Å². The second kappa shape index (κ2) is 10.7. The molecule has 0 bridgehead atoms. The monoisotopic (exact) mass is 490 g/mol. The Balaban J connectivity index is 1.73. The zero-order chi connectivity index (χ0) is 25.3. The van der Waals surface area contributed by atoms with E-state index in [1.54, 1.807) is 0 Å². The molecule has 0 aromatic carbocycles. The lowest BCUT2D eigenvalue weighted by molar-refractivity contribution is -0.165. The number of esters is 2. The maximum absolute atomic E-state index is 13.0. The smallest absolute Gasteiger partial charge is 0.311 e. The van der Waals surface area contributed by atoms with E-state index in [0.29, 0.717) is 24.2 Å². The van der Waals surface area contributed by atoms with Crippen molar-refractivity contribution < 1.29 is 23.5 Å². The molecule has 0 radical (unpaired) electrons. The lowest BCUT2D eigenvalue weighted by atomic mass is 9.65. The molecule has 192 valence electrons. The first-order chi connectivity index (χ1) is 15.8. The summed E-state index contributed by atoms with van der Waals surface area (Å²) in [7, 11) is -1.72. The number of fused-ring (bicyclic) bond motifs is 1. The number of hydrogen-bond acceptors (Lipinski definition) is 5. The highest BCUT2D eigenvalue weighted by molar-refractivity contribution is 6.69. The van der Waals surface area contributed by atoms with Gasteiger partial charge in [0.2, 0.25) is 0 Å². The Bertz CT molecular complexity index is 808. The molecule has 1 aliphatic heterocycles. The summed E-state index contributed by atoms with van der Waals surface area (Å²) in [6.45, 7) is 16.9. The number of ether oxygens (including phenoxy) is 2. The average Bonchev–Trinajstić information content (AvgIpc) is 2.71. The molecule has 0 aromatic rings. The molecule has 0 aromatic heterocycles. The zero-order valence-corrected chi connectivity index (χ0v) is 23.6. The van der Waals surface area contributed by atoms with Crippen LogP contribution in [0.3, 0.4) is 0 Å². The van der Waals surface area contributed by atoms with Crippen LogP contribution < -0.4 is 0 Å². The molecule has 0 spiro atoms. The molecule has 7 unspecified atom stereocenters. The Labute approximate surface area is 207 Å². The van der Waals surface area contributed by atoms with Crippen molar-refractivity contribution in [1.82, 2.24) is 0 Å². The molecule has 3 aliphatic rings. The van der Waals surface area contributed by atoms with Gasteiger partial charge in [-0.05, 0) is 82.5 Å². The predicted molar refractivity (Wildman–Crippen MR) is 138 cm³/mol. The topological polar surface area (TPSA) is 61.8 Å². The van der Waals surface area contributed by atoms with Gasteiger partial charge >= 0.3 is 11.9 Å². The minimum atomic E-state index is -1.72. The highest BCUT2D eigenvalue weighted by Crippen LogP contribution is 2.45. The fraction of sp³-hybridized carbons (Fsp3) is 0.786. The Morgan fingerprint density at radius 1 is 1.18 bits per heavy atom. The summed E-state index contributed by atoms with van der Waals surface area (Å²) in [6.07, 6.45) is 11.2. The van der Waals surface area contributed by atoms with Gasteiger partial charge in [0.05, 0.1) is 17.9 Å². The molecule has 0 amide bonds. The van der Waals surface area contributed by atoms with Crippen molar-refractivity contribution in [3.63, 3.8) is 0 Å². The van der Waals surface area contributed by atoms with Crippen LogP contribution in [0, 0.1) is 29.1 Å². The normalized spacial score (nSPS) is 34.2. The summed E-state index contributed by atoms with van der Waals surface area (Å²) >= 11 is 0. The van der Waals surface area contributed by atoms with Crippen LogP contribution in [0.5, 0.6) is 0 Å². The number of carbonyl (C=O) groups is 2. The van der Waals surface area contributed by atoms with Gasteiger partial charge < -0.3 is 13.9 Å². The molecule has 3 rings (SSSR count). The summed E-state index contributed by atoms with van der Waals surface area (Å²) in [5.41, 5.74) is 0.826. The molecule has 1 saturated heterocycles. The number of cyclic esters (lactones) is 1. The van der Waals surface area contributed by atoms with Gasteiger partial charge in [-0.3, -0.25) is 9.59 Å². The number of carbonyl (C=O) groups excluding carboxylic acids is 2. The Morgan fingerprint density at radius 2 is 1.88 bits per heavy atom. The molecule has 0 saturated carbocycles. The fourth-order valence-corrected chi connectivity index (χ4v) is 6.83. The van der Waals surface area contributed by atoms with Gasteiger partial charge in [-0.15, -0.1) is 0 Å². The Kier molecular flexibility index (Phi) is 8.55. The fourth-order valence-electron chi connectivity index (χ4n) is 5.65. The predicted octanol–water partition coefficient (Wildman–Crippen LogP) is 6.44. The van der Waals surface area contributed by atoms with Crippen molar-refractivity contribution in [3.8, 4) is 0 Å². The summed E-state index contributed by atoms with van der Waals surface area (Å²) in [4.78, 5) is 25.3. The van der Waals surface area contributed by atoms with Gasteiger partial charge in [-0.2, -0.15) is 0 Å². The largest absolute Gasteiger partial charge is 0.462 e. The van der Waals surface area contributed by atoms with Crippen LogP contribution in [0.25, 0.3) is 0 Å². The maximum Gasteiger partial charge on any atom is 0.311 e. The summed E-state index contributed by atoms with van der Waals surface area (Å²) in [5.74, 6) is 1.07. The molecule has 0 N–H and O–H groups in total. The van der Waals surface area contributed by atoms with Crippen molar-refractivity contribution in [2.45, 2.75) is 111 Å². The van der Waals surface area contributed by atoms with Gasteiger partial charge in [0.1, 0.15) is 12.2 Å². The minimum Gasteiger partial charge on any atom is -0.462 e. The highest BCUT2D eigenvalue weighted by atomic mass is 28.4. The number of rotatable bonds is 8. The van der Waals surface area contributed by atoms with Crippen molar-refractivity contribution in [3.05, 3.63) is 23.8 Å². The van der Waals surface area contributed by atoms with Crippen LogP contribution in [0.15, 0.2) is 23.8 Å². The number of hydrogen-bond donors (Lipinski definition) is 0. The SMILES string of the molecule is CCC(C)(C)C(=O)OC1CC(C)C=C2C=CC(C)C(CCC3CC(O[Si](C)(C)C)CC(=O)O3)C21. The molecule has 7 atom stereocenters. The summed E-state index contributed by atoms with van der Waals surface area (Å²) < 4.78 is 18.2. The standard InChI is InChI=1S/C28H46O5Si/c1-9-28(4,5)27(30)32-24-15-18(2)14-20-11-10-19(3)23(26(20)24)13-12-21-16-22(17-25(29)31-21)33-34(6,7)8/h10-11,14,18-19,21-24,26H,9,12-13,15-17H2,1-8H3. The van der Waals surface area contributed by atoms with Crippen LogP contribution >= 0.6 is 0 Å². The van der Waals surface area contributed by atoms with E-state index in [-0.39, 0.29) is 36.2 Å². The molecule has 1 fully saturated rings. The second-order valence-electron chi connectivity index (χ2n) is 12.4. The van der Waals surface area contributed by atoms with E-state index in [2.05, 4.69) is 51.7 Å². The molecular formula is C28H46O5Si. The summed E-state index contributed by atoms with van der Waals surface area (Å²) in [6, 6.07) is 0. The van der Waals surface area contributed by atoms with Crippen molar-refractivity contribution in [2.75, 3.05) is 0 Å². The van der Waals surface area contributed by atoms with E-state index in [4.69, 9.17) is 13.9 Å². The third-order valence-electron chi connectivity index (χ3n) is 7.85. The van der Waals surface area contributed by atoms with Crippen LogP contribution in [-0.2, 0) is 23.5 Å². The molecule has 5 nitrogen and oxygen atoms in total. The van der Waals surface area contributed by atoms with E-state index >= 15 is 0 Å². The Morgan fingerprint density at radius 3 is 2.53 bits per heavy atom. The number of allylic oxidation sites excluding steroid dienone is 3. The third kappa shape index (κ3) is 6.84. The average molecular weight is 491 g/mol. The molecule has 1 heterocycles. The lowest BCUT2D eigenvalue weighted by Gasteiger charge is -2.44. The minimum absolute atomic E-state index is 0.0300. The first-order valence-electron chi connectivity index (χ1n) is 13.3. The van der Waals surface area contributed by atoms with Gasteiger partial charge in [-0.1, -0.05) is 39.0 Å². The molecule has 34 heavy (non-hydrogen) atoms. The van der Waals surface area contributed by atoms with Crippen molar-refractivity contribution in [2.24, 2.45) is 29.1 Å². The molecule has 2 aliphatic carbocycles. The van der Waals surface area contributed by atoms with Crippen LogP contribution in [0.4, 0.5) is 0 Å². The maximum atomic E-state index is 13.0. The summed E-state index contributed by atoms with van der Waals surface area (Å²) in [5, 5.41) is 0. The molecular weight excluding hydrogens is 444 g/mol. The molecule has 6 heteroatoms. The first kappa shape index (κ1) is 27.2. The Hall–Kier alpha value is -1.40.